The maximum atomic E-state index is 13.1. The number of hydrogen-bond donors (Lipinski definition) is 1. The van der Waals surface area contributed by atoms with Gasteiger partial charge in [-0.1, -0.05) is 36.4 Å². The fourth-order valence-electron chi connectivity index (χ4n) is 4.99. The van der Waals surface area contributed by atoms with Gasteiger partial charge in [-0.05, 0) is 56.0 Å². The van der Waals surface area contributed by atoms with Gasteiger partial charge < -0.3 is 15.1 Å². The minimum atomic E-state index is -0.127. The molecule has 4 rings (SSSR count). The van der Waals surface area contributed by atoms with Gasteiger partial charge in [0.15, 0.2) is 0 Å². The quantitative estimate of drug-likeness (QED) is 0.823. The van der Waals surface area contributed by atoms with Crippen LogP contribution < -0.4 is 5.32 Å². The van der Waals surface area contributed by atoms with Crippen LogP contribution in [0.2, 0.25) is 0 Å². The normalized spacial score (nSPS) is 21.7. The van der Waals surface area contributed by atoms with Crippen LogP contribution in [0, 0.1) is 5.41 Å². The summed E-state index contributed by atoms with van der Waals surface area (Å²) < 4.78 is 0. The SMILES string of the molecule is CC(=O)Nc1cccc(C(=O)N2CC[C@@]3(CCCN(CCc4ccccc4)C3)C2)c1. The minimum Gasteiger partial charge on any atom is -0.338 e. The summed E-state index contributed by atoms with van der Waals surface area (Å²) in [5.74, 6) is -0.0574. The van der Waals surface area contributed by atoms with Crippen LogP contribution in [0.3, 0.4) is 0 Å². The third-order valence-corrected chi connectivity index (χ3v) is 6.46. The summed E-state index contributed by atoms with van der Waals surface area (Å²) in [6.07, 6.45) is 4.56. The van der Waals surface area contributed by atoms with Crippen LogP contribution >= 0.6 is 0 Å². The van der Waals surface area contributed by atoms with Gasteiger partial charge in [-0.15, -0.1) is 0 Å². The lowest BCUT2D eigenvalue weighted by Crippen LogP contribution is -2.46. The predicted molar refractivity (Wildman–Crippen MR) is 120 cm³/mol. The molecule has 0 radical (unpaired) electrons. The summed E-state index contributed by atoms with van der Waals surface area (Å²) in [7, 11) is 0. The zero-order chi connectivity index (χ0) is 21.0. The third-order valence-electron chi connectivity index (χ3n) is 6.46. The molecule has 0 unspecified atom stereocenters. The molecule has 2 saturated heterocycles. The average Bonchev–Trinajstić information content (AvgIpc) is 3.15. The fourth-order valence-corrected chi connectivity index (χ4v) is 4.99. The third kappa shape index (κ3) is 4.90. The topological polar surface area (TPSA) is 52.7 Å². The van der Waals surface area contributed by atoms with Crippen LogP contribution in [0.5, 0.6) is 0 Å². The first kappa shape index (κ1) is 20.6. The van der Waals surface area contributed by atoms with Crippen molar-refractivity contribution in [1.29, 1.82) is 0 Å². The number of nitrogens with zero attached hydrogens (tertiary/aromatic N) is 2. The number of piperidine rings is 1. The van der Waals surface area contributed by atoms with Gasteiger partial charge in [-0.25, -0.2) is 0 Å². The molecule has 2 aliphatic heterocycles. The van der Waals surface area contributed by atoms with Crippen molar-refractivity contribution in [2.75, 3.05) is 38.0 Å². The Kier molecular flexibility index (Phi) is 6.18. The summed E-state index contributed by atoms with van der Waals surface area (Å²) in [6.45, 7) is 6.44. The highest BCUT2D eigenvalue weighted by molar-refractivity contribution is 5.97. The van der Waals surface area contributed by atoms with Gasteiger partial charge in [-0.3, -0.25) is 9.59 Å². The van der Waals surface area contributed by atoms with E-state index in [0.717, 1.165) is 45.6 Å². The lowest BCUT2D eigenvalue weighted by Gasteiger charge is -2.40. The number of anilines is 1. The Morgan fingerprint density at radius 1 is 1.00 bits per heavy atom. The molecule has 2 fully saturated rings. The number of benzene rings is 2. The van der Waals surface area contributed by atoms with Crippen LogP contribution in [0.4, 0.5) is 5.69 Å². The summed E-state index contributed by atoms with van der Waals surface area (Å²) >= 11 is 0. The van der Waals surface area contributed by atoms with Crippen molar-refractivity contribution in [3.05, 3.63) is 65.7 Å². The summed E-state index contributed by atoms with van der Waals surface area (Å²) in [5, 5.41) is 2.76. The molecule has 1 spiro atoms. The van der Waals surface area contributed by atoms with Crippen molar-refractivity contribution in [3.63, 3.8) is 0 Å². The molecule has 5 nitrogen and oxygen atoms in total. The molecule has 0 aromatic heterocycles. The lowest BCUT2D eigenvalue weighted by molar-refractivity contribution is -0.114. The Morgan fingerprint density at radius 3 is 2.63 bits per heavy atom. The van der Waals surface area contributed by atoms with Crippen LogP contribution in [-0.2, 0) is 11.2 Å². The van der Waals surface area contributed by atoms with E-state index in [1.54, 1.807) is 6.07 Å². The van der Waals surface area contributed by atoms with Crippen molar-refractivity contribution >= 4 is 17.5 Å². The number of nitrogens with one attached hydrogen (secondary N) is 1. The molecule has 0 aliphatic carbocycles. The number of carbonyl (C=O) groups is 2. The Hall–Kier alpha value is -2.66. The Labute approximate surface area is 179 Å². The number of carbonyl (C=O) groups excluding carboxylic acids is 2. The zero-order valence-corrected chi connectivity index (χ0v) is 17.8. The van der Waals surface area contributed by atoms with E-state index in [2.05, 4.69) is 40.5 Å². The molecule has 5 heteroatoms. The van der Waals surface area contributed by atoms with E-state index in [-0.39, 0.29) is 17.2 Å². The standard InChI is InChI=1S/C25H31N3O2/c1-20(29)26-23-10-5-9-22(17-23)24(30)28-16-13-25(19-28)12-6-14-27(18-25)15-11-21-7-3-2-4-8-21/h2-5,7-10,17H,6,11-16,18-19H2,1H3,(H,26,29)/t25-/m1/s1. The van der Waals surface area contributed by atoms with Crippen LogP contribution in [0.15, 0.2) is 54.6 Å². The molecule has 2 aliphatic rings. The summed E-state index contributed by atoms with van der Waals surface area (Å²) in [6, 6.07) is 17.9. The average molecular weight is 406 g/mol. The van der Waals surface area contributed by atoms with Gasteiger partial charge in [0.05, 0.1) is 0 Å². The van der Waals surface area contributed by atoms with E-state index >= 15 is 0 Å². The maximum Gasteiger partial charge on any atom is 0.253 e. The van der Waals surface area contributed by atoms with Gasteiger partial charge in [0, 0.05) is 49.8 Å². The second-order valence-corrected chi connectivity index (χ2v) is 8.85. The van der Waals surface area contributed by atoms with Crippen molar-refractivity contribution < 1.29 is 9.59 Å². The smallest absolute Gasteiger partial charge is 0.253 e. The summed E-state index contributed by atoms with van der Waals surface area (Å²) in [5.41, 5.74) is 2.93. The first-order valence-corrected chi connectivity index (χ1v) is 11.0. The highest BCUT2D eigenvalue weighted by atomic mass is 16.2. The molecule has 2 aromatic carbocycles. The molecule has 1 N–H and O–H groups in total. The van der Waals surface area contributed by atoms with Gasteiger partial charge in [0.25, 0.3) is 5.91 Å². The summed E-state index contributed by atoms with van der Waals surface area (Å²) in [4.78, 5) is 29.0. The van der Waals surface area contributed by atoms with E-state index < -0.39 is 0 Å². The molecule has 2 heterocycles. The molecule has 1 atom stereocenters. The van der Waals surface area contributed by atoms with Gasteiger partial charge in [0.1, 0.15) is 0 Å². The van der Waals surface area contributed by atoms with Gasteiger partial charge in [-0.2, -0.15) is 0 Å². The molecule has 0 saturated carbocycles. The highest BCUT2D eigenvalue weighted by Gasteiger charge is 2.42. The largest absolute Gasteiger partial charge is 0.338 e. The number of rotatable bonds is 5. The minimum absolute atomic E-state index is 0.0699. The predicted octanol–water partition coefficient (Wildman–Crippen LogP) is 3.82. The van der Waals surface area contributed by atoms with Crippen molar-refractivity contribution in [2.45, 2.75) is 32.6 Å². The van der Waals surface area contributed by atoms with Crippen LogP contribution in [0.1, 0.15) is 42.1 Å². The van der Waals surface area contributed by atoms with Crippen LogP contribution in [-0.4, -0.2) is 54.3 Å². The number of hydrogen-bond acceptors (Lipinski definition) is 3. The molecule has 0 bridgehead atoms. The fraction of sp³-hybridized carbons (Fsp3) is 0.440. The Bertz CT molecular complexity index is 898. The first-order chi connectivity index (χ1) is 14.5. The molecular formula is C25H31N3O2. The highest BCUT2D eigenvalue weighted by Crippen LogP contribution is 2.39. The van der Waals surface area contributed by atoms with Crippen LogP contribution in [0.25, 0.3) is 0 Å². The second-order valence-electron chi connectivity index (χ2n) is 8.85. The molecule has 2 amide bonds. The van der Waals surface area contributed by atoms with E-state index in [9.17, 15) is 9.59 Å². The van der Waals surface area contributed by atoms with E-state index in [4.69, 9.17) is 0 Å². The number of likely N-dealkylation sites (tertiary alicyclic amines) is 2. The molecular weight excluding hydrogens is 374 g/mol. The Morgan fingerprint density at radius 2 is 1.83 bits per heavy atom. The molecule has 2 aromatic rings. The monoisotopic (exact) mass is 405 g/mol. The number of amides is 2. The molecule has 158 valence electrons. The van der Waals surface area contributed by atoms with Crippen molar-refractivity contribution in [2.24, 2.45) is 5.41 Å². The van der Waals surface area contributed by atoms with Crippen molar-refractivity contribution in [1.82, 2.24) is 9.80 Å². The van der Waals surface area contributed by atoms with Gasteiger partial charge >= 0.3 is 0 Å². The van der Waals surface area contributed by atoms with E-state index in [1.165, 1.54) is 25.3 Å². The zero-order valence-electron chi connectivity index (χ0n) is 17.8. The van der Waals surface area contributed by atoms with Crippen molar-refractivity contribution in [3.8, 4) is 0 Å². The van der Waals surface area contributed by atoms with E-state index in [0.29, 0.717) is 11.3 Å². The Balaban J connectivity index is 1.36. The van der Waals surface area contributed by atoms with Gasteiger partial charge in [0.2, 0.25) is 5.91 Å². The first-order valence-electron chi connectivity index (χ1n) is 11.0. The second kappa shape index (κ2) is 9.00. The lowest BCUT2D eigenvalue weighted by atomic mass is 9.79. The maximum absolute atomic E-state index is 13.1. The molecule has 30 heavy (non-hydrogen) atoms. The van der Waals surface area contributed by atoms with E-state index in [1.807, 2.05) is 23.1 Å².